The van der Waals surface area contributed by atoms with E-state index < -0.39 is 0 Å². The molecule has 0 aliphatic carbocycles. The van der Waals surface area contributed by atoms with Gasteiger partial charge in [0.25, 0.3) is 11.8 Å². The fourth-order valence-corrected chi connectivity index (χ4v) is 5.51. The molecular weight excluding hydrogens is 616 g/mol. The maximum Gasteiger partial charge on any atom is 0.253 e. The van der Waals surface area contributed by atoms with E-state index in [0.29, 0.717) is 38.0 Å². The highest BCUT2D eigenvalue weighted by Gasteiger charge is 2.23. The summed E-state index contributed by atoms with van der Waals surface area (Å²) >= 11 is 0. The number of unbranched alkanes of at least 4 members (excludes halogenated alkanes) is 4. The molecule has 0 spiro atoms. The predicted molar refractivity (Wildman–Crippen MR) is 196 cm³/mol. The van der Waals surface area contributed by atoms with Gasteiger partial charge < -0.3 is 20.3 Å². The molecule has 1 unspecified atom stereocenters. The summed E-state index contributed by atoms with van der Waals surface area (Å²) in [7, 11) is 2.00. The van der Waals surface area contributed by atoms with Crippen LogP contribution in [0, 0.1) is 17.8 Å². The van der Waals surface area contributed by atoms with Gasteiger partial charge in [0, 0.05) is 61.7 Å². The van der Waals surface area contributed by atoms with Crippen LogP contribution in [0.1, 0.15) is 102 Å². The van der Waals surface area contributed by atoms with Crippen LogP contribution in [0.4, 0.5) is 5.69 Å². The molecule has 0 aromatic heterocycles. The van der Waals surface area contributed by atoms with Crippen molar-refractivity contribution in [2.45, 2.75) is 98.1 Å². The minimum atomic E-state index is -0.231. The van der Waals surface area contributed by atoms with Crippen LogP contribution in [0.5, 0.6) is 0 Å². The Balaban J connectivity index is 0.000000435. The minimum Gasteiger partial charge on any atom is -0.356 e. The molecule has 0 saturated carbocycles. The van der Waals surface area contributed by atoms with E-state index in [1.165, 1.54) is 17.1 Å². The topological polar surface area (TPSA) is 116 Å². The third-order valence-corrected chi connectivity index (χ3v) is 8.28. The Bertz CT molecular complexity index is 1450. The van der Waals surface area contributed by atoms with Crippen molar-refractivity contribution in [1.29, 1.82) is 0 Å². The number of rotatable bonds is 16. The highest BCUT2D eigenvalue weighted by molar-refractivity contribution is 6.12. The Morgan fingerprint density at radius 2 is 1.51 bits per heavy atom. The molecule has 1 atom stereocenters. The molecule has 0 fully saturated rings. The van der Waals surface area contributed by atoms with Crippen molar-refractivity contribution in [3.8, 4) is 11.8 Å². The second-order valence-corrected chi connectivity index (χ2v) is 12.1. The van der Waals surface area contributed by atoms with Gasteiger partial charge in [0.1, 0.15) is 6.29 Å². The largest absolute Gasteiger partial charge is 0.356 e. The summed E-state index contributed by atoms with van der Waals surface area (Å²) in [6.07, 6.45) is 9.95. The van der Waals surface area contributed by atoms with Crippen molar-refractivity contribution < 1.29 is 24.0 Å². The molecule has 2 aliphatic rings. The number of carbonyl (C=O) groups excluding carboxylic acids is 5. The van der Waals surface area contributed by atoms with Gasteiger partial charge in [-0.3, -0.25) is 24.1 Å². The van der Waals surface area contributed by atoms with Crippen molar-refractivity contribution in [3.63, 3.8) is 0 Å². The Morgan fingerprint density at radius 3 is 2.18 bits per heavy atom. The van der Waals surface area contributed by atoms with E-state index in [4.69, 9.17) is 0 Å². The summed E-state index contributed by atoms with van der Waals surface area (Å²) < 4.78 is 0. The van der Waals surface area contributed by atoms with Crippen LogP contribution < -0.4 is 15.5 Å². The highest BCUT2D eigenvalue weighted by Crippen LogP contribution is 2.26. The zero-order valence-corrected chi connectivity index (χ0v) is 29.9. The average Bonchev–Trinajstić information content (AvgIpc) is 3.43. The van der Waals surface area contributed by atoms with Gasteiger partial charge in [0.2, 0.25) is 11.8 Å². The second-order valence-electron chi connectivity index (χ2n) is 12.1. The van der Waals surface area contributed by atoms with Gasteiger partial charge in [-0.15, -0.1) is 0 Å². The molecule has 0 radical (unpaired) electrons. The Hall–Kier alpha value is -4.55. The maximum atomic E-state index is 13.2. The monoisotopic (exact) mass is 670 g/mol. The minimum absolute atomic E-state index is 0.0649. The van der Waals surface area contributed by atoms with Crippen LogP contribution in [0.2, 0.25) is 0 Å². The van der Waals surface area contributed by atoms with Gasteiger partial charge in [-0.1, -0.05) is 82.7 Å². The number of nitrogens with zero attached hydrogens (tertiary/aromatic N) is 2. The summed E-state index contributed by atoms with van der Waals surface area (Å²) in [6.45, 7) is 10.00. The number of amides is 4. The van der Waals surface area contributed by atoms with Crippen molar-refractivity contribution >= 4 is 35.6 Å². The smallest absolute Gasteiger partial charge is 0.253 e. The molecule has 0 saturated heterocycles. The first-order valence-electron chi connectivity index (χ1n) is 17.7. The molecular formula is C40H54N4O5. The lowest BCUT2D eigenvalue weighted by molar-refractivity contribution is -0.137. The number of benzene rings is 2. The molecule has 2 aromatic carbocycles. The van der Waals surface area contributed by atoms with Gasteiger partial charge in [0.05, 0.1) is 12.2 Å². The summed E-state index contributed by atoms with van der Waals surface area (Å²) in [5.41, 5.74) is 3.57. The number of para-hydroxylation sites is 1. The summed E-state index contributed by atoms with van der Waals surface area (Å²) in [5.74, 6) is 6.43. The molecule has 0 bridgehead atoms. The molecule has 9 nitrogen and oxygen atoms in total. The molecule has 49 heavy (non-hydrogen) atoms. The lowest BCUT2D eigenvalue weighted by Crippen LogP contribution is -2.33. The number of aldehydes is 1. The number of hydrogen-bond donors (Lipinski definition) is 2. The Kier molecular flexibility index (Phi) is 19.0. The van der Waals surface area contributed by atoms with E-state index >= 15 is 0 Å². The molecule has 4 rings (SSSR count). The third-order valence-electron chi connectivity index (χ3n) is 8.28. The van der Waals surface area contributed by atoms with E-state index in [1.807, 2.05) is 69.4 Å². The zero-order valence-electron chi connectivity index (χ0n) is 29.9. The average molecular weight is 671 g/mol. The van der Waals surface area contributed by atoms with Gasteiger partial charge >= 0.3 is 0 Å². The van der Waals surface area contributed by atoms with Gasteiger partial charge in [-0.05, 0) is 62.4 Å². The number of fused-ring (bicyclic) bond motifs is 2. The fourth-order valence-electron chi connectivity index (χ4n) is 5.51. The molecule has 2 N–H and O–H groups in total. The van der Waals surface area contributed by atoms with E-state index in [0.717, 1.165) is 67.2 Å². The van der Waals surface area contributed by atoms with E-state index in [2.05, 4.69) is 36.3 Å². The number of anilines is 1. The number of imide groups is 1. The van der Waals surface area contributed by atoms with Crippen LogP contribution in [0.25, 0.3) is 0 Å². The van der Waals surface area contributed by atoms with E-state index in [9.17, 15) is 24.0 Å². The van der Waals surface area contributed by atoms with Gasteiger partial charge in [-0.2, -0.15) is 0 Å². The highest BCUT2D eigenvalue weighted by atomic mass is 16.2. The molecule has 4 amide bonds. The maximum absolute atomic E-state index is 13.2. The SMILES string of the molecule is CC.CNC(CCCCNC(=O)CCC(=O)N1Cc2ccccc2C#Cc2ccccc21)C(C)C.O=CCCCCCN1C(=O)C=CC1=O. The fraction of sp³-hybridized carbons (Fsp3) is 0.475. The zero-order chi connectivity index (χ0) is 36.0. The lowest BCUT2D eigenvalue weighted by Gasteiger charge is -2.26. The van der Waals surface area contributed by atoms with E-state index in [1.54, 1.807) is 4.90 Å². The van der Waals surface area contributed by atoms with E-state index in [-0.39, 0.29) is 36.5 Å². The van der Waals surface area contributed by atoms with Crippen molar-refractivity contribution in [3.05, 3.63) is 77.4 Å². The second kappa shape index (κ2) is 22.9. The molecule has 2 aliphatic heterocycles. The molecule has 2 aromatic rings. The summed E-state index contributed by atoms with van der Waals surface area (Å²) in [6, 6.07) is 16.1. The molecule has 9 heteroatoms. The number of hydrogen-bond acceptors (Lipinski definition) is 6. The van der Waals surface area contributed by atoms with Gasteiger partial charge in [-0.25, -0.2) is 0 Å². The first-order valence-corrected chi connectivity index (χ1v) is 17.7. The third kappa shape index (κ3) is 13.8. The normalized spacial score (nSPS) is 13.3. The van der Waals surface area contributed by atoms with Crippen molar-refractivity contribution in [1.82, 2.24) is 15.5 Å². The Labute approximate surface area is 292 Å². The number of nitrogens with one attached hydrogen (secondary N) is 2. The van der Waals surface area contributed by atoms with Gasteiger partial charge in [0.15, 0.2) is 0 Å². The summed E-state index contributed by atoms with van der Waals surface area (Å²) in [5, 5.41) is 6.32. The van der Waals surface area contributed by atoms with Crippen LogP contribution in [-0.4, -0.2) is 61.0 Å². The van der Waals surface area contributed by atoms with Crippen molar-refractivity contribution in [2.24, 2.45) is 5.92 Å². The number of carbonyl (C=O) groups is 5. The first kappa shape index (κ1) is 40.6. The van der Waals surface area contributed by atoms with Crippen LogP contribution >= 0.6 is 0 Å². The van der Waals surface area contributed by atoms with Crippen LogP contribution in [0.15, 0.2) is 60.7 Å². The first-order chi connectivity index (χ1) is 23.7. The lowest BCUT2D eigenvalue weighted by atomic mass is 9.98. The van der Waals surface area contributed by atoms with Crippen molar-refractivity contribution in [2.75, 3.05) is 25.0 Å². The van der Waals surface area contributed by atoms with Crippen LogP contribution in [0.3, 0.4) is 0 Å². The summed E-state index contributed by atoms with van der Waals surface area (Å²) in [4.78, 5) is 60.6. The molecule has 2 heterocycles. The predicted octanol–water partition coefficient (Wildman–Crippen LogP) is 5.94. The standard InChI is InChI=1S/C28H35N3O2.C10H13NO3.C2H6/c1-21(2)25(29-3)13-8-9-19-30-27(32)17-18-28(33)31-20-24-12-5-4-10-22(24)15-16-23-11-6-7-14-26(23)31;12-8-4-2-1-3-7-11-9(13)5-6-10(11)14;1-2/h4-7,10-12,14,21,25,29H,8-9,13,17-20H2,1-3H3,(H,30,32);5-6,8H,1-4,7H2;1-2H3. The van der Waals surface area contributed by atoms with Crippen LogP contribution in [-0.2, 0) is 30.5 Å². The Morgan fingerprint density at radius 1 is 0.857 bits per heavy atom. The molecule has 264 valence electrons. The quantitative estimate of drug-likeness (QED) is 0.0989.